The largest absolute Gasteiger partial charge is 0.486 e. The normalized spacial score (nSPS) is 12.2. The van der Waals surface area contributed by atoms with E-state index in [1.54, 1.807) is 30.3 Å². The van der Waals surface area contributed by atoms with Crippen LogP contribution in [0.25, 0.3) is 22.4 Å². The summed E-state index contributed by atoms with van der Waals surface area (Å²) in [6.45, 7) is 4.25. The molecule has 1 aromatic carbocycles. The first-order valence-electron chi connectivity index (χ1n) is 9.19. The van der Waals surface area contributed by atoms with Crippen molar-refractivity contribution in [1.29, 1.82) is 0 Å². The van der Waals surface area contributed by atoms with Crippen LogP contribution < -0.4 is 16.2 Å². The van der Waals surface area contributed by atoms with E-state index in [2.05, 4.69) is 9.97 Å². The van der Waals surface area contributed by atoms with E-state index < -0.39 is 0 Å². The highest BCUT2D eigenvalue weighted by Gasteiger charge is 2.15. The van der Waals surface area contributed by atoms with Gasteiger partial charge in [-0.3, -0.25) is 0 Å². The first-order valence-corrected chi connectivity index (χ1v) is 9.19. The van der Waals surface area contributed by atoms with Crippen molar-refractivity contribution in [1.82, 2.24) is 19.5 Å². The molecule has 0 aliphatic heterocycles. The van der Waals surface area contributed by atoms with Crippen LogP contribution in [0.15, 0.2) is 48.5 Å². The summed E-state index contributed by atoms with van der Waals surface area (Å²) < 4.78 is 21.6. The first-order chi connectivity index (χ1) is 13.9. The van der Waals surface area contributed by atoms with Gasteiger partial charge in [0.05, 0.1) is 12.2 Å². The van der Waals surface area contributed by atoms with E-state index in [0.29, 0.717) is 29.5 Å². The SMILES string of the molecule is Cc1nc2ccc(-c3cc(N)nc(N)c3)nc2n1C[C@@H](C)Oc1ccccc1F. The predicted octanol–water partition coefficient (Wildman–Crippen LogP) is 3.57. The molecule has 7 nitrogen and oxygen atoms in total. The highest BCUT2D eigenvalue weighted by atomic mass is 19.1. The molecule has 8 heteroatoms. The van der Waals surface area contributed by atoms with E-state index >= 15 is 0 Å². The molecule has 1 atom stereocenters. The molecule has 148 valence electrons. The number of ether oxygens (including phenoxy) is 1. The van der Waals surface area contributed by atoms with Gasteiger partial charge in [-0.2, -0.15) is 0 Å². The summed E-state index contributed by atoms with van der Waals surface area (Å²) in [5, 5.41) is 0. The summed E-state index contributed by atoms with van der Waals surface area (Å²) in [7, 11) is 0. The van der Waals surface area contributed by atoms with Crippen molar-refractivity contribution in [3.8, 4) is 17.0 Å². The average Bonchev–Trinajstić information content (AvgIpc) is 2.97. The standard InChI is InChI=1S/C21H21FN6O/c1-12(29-18-6-4-3-5-15(18)22)11-28-13(2)25-17-8-7-16(26-21(17)28)14-9-19(23)27-20(24)10-14/h3-10,12H,11H2,1-2H3,(H4,23,24,27)/t12-/m1/s1. The molecule has 0 aliphatic carbocycles. The Labute approximate surface area is 167 Å². The fourth-order valence-corrected chi connectivity index (χ4v) is 3.27. The van der Waals surface area contributed by atoms with Gasteiger partial charge in [0.25, 0.3) is 0 Å². The third kappa shape index (κ3) is 3.82. The maximum atomic E-state index is 13.9. The zero-order valence-electron chi connectivity index (χ0n) is 16.1. The zero-order chi connectivity index (χ0) is 20.5. The van der Waals surface area contributed by atoms with Gasteiger partial charge in [-0.15, -0.1) is 0 Å². The molecule has 0 bridgehead atoms. The van der Waals surface area contributed by atoms with Gasteiger partial charge in [-0.25, -0.2) is 19.3 Å². The van der Waals surface area contributed by atoms with Crippen LogP contribution in [0.3, 0.4) is 0 Å². The number of rotatable bonds is 5. The molecule has 4 aromatic rings. The number of para-hydroxylation sites is 1. The number of nitrogen functional groups attached to an aromatic ring is 2. The summed E-state index contributed by atoms with van der Waals surface area (Å²) in [5.41, 5.74) is 14.6. The molecule has 0 saturated carbocycles. The van der Waals surface area contributed by atoms with Crippen LogP contribution in [0.4, 0.5) is 16.0 Å². The Hall–Kier alpha value is -3.68. The Bertz CT molecular complexity index is 1170. The van der Waals surface area contributed by atoms with E-state index in [4.69, 9.17) is 21.2 Å². The topological polar surface area (TPSA) is 105 Å². The van der Waals surface area contributed by atoms with Crippen molar-refractivity contribution in [3.63, 3.8) is 0 Å². The fraction of sp³-hybridized carbons (Fsp3) is 0.190. The number of hydrogen-bond acceptors (Lipinski definition) is 6. The summed E-state index contributed by atoms with van der Waals surface area (Å²) >= 11 is 0. The number of anilines is 2. The fourth-order valence-electron chi connectivity index (χ4n) is 3.27. The molecular weight excluding hydrogens is 371 g/mol. The highest BCUT2D eigenvalue weighted by Crippen LogP contribution is 2.25. The lowest BCUT2D eigenvalue weighted by Gasteiger charge is -2.17. The molecule has 0 fully saturated rings. The van der Waals surface area contributed by atoms with Gasteiger partial charge in [0, 0.05) is 5.56 Å². The van der Waals surface area contributed by atoms with Crippen molar-refractivity contribution in [2.75, 3.05) is 11.5 Å². The van der Waals surface area contributed by atoms with Gasteiger partial charge in [-0.1, -0.05) is 12.1 Å². The summed E-state index contributed by atoms with van der Waals surface area (Å²) in [5.74, 6) is 1.29. The number of imidazole rings is 1. The van der Waals surface area contributed by atoms with Crippen molar-refractivity contribution in [2.24, 2.45) is 0 Å². The quantitative estimate of drug-likeness (QED) is 0.538. The van der Waals surface area contributed by atoms with E-state index in [-0.39, 0.29) is 17.7 Å². The minimum atomic E-state index is -0.389. The maximum absolute atomic E-state index is 13.9. The molecule has 3 aromatic heterocycles. The number of nitrogens with two attached hydrogens (primary N) is 2. The highest BCUT2D eigenvalue weighted by molar-refractivity contribution is 5.77. The second kappa shape index (κ2) is 7.38. The molecule has 0 aliphatic rings. The lowest BCUT2D eigenvalue weighted by atomic mass is 10.1. The summed E-state index contributed by atoms with van der Waals surface area (Å²) in [6.07, 6.45) is -0.291. The molecule has 29 heavy (non-hydrogen) atoms. The molecule has 0 amide bonds. The summed E-state index contributed by atoms with van der Waals surface area (Å²) in [4.78, 5) is 13.3. The Morgan fingerprint density at radius 2 is 1.76 bits per heavy atom. The van der Waals surface area contributed by atoms with Gasteiger partial charge in [0.1, 0.15) is 29.1 Å². The minimum absolute atomic E-state index is 0.221. The van der Waals surface area contributed by atoms with Crippen LogP contribution in [-0.4, -0.2) is 25.6 Å². The van der Waals surface area contributed by atoms with Crippen molar-refractivity contribution < 1.29 is 9.13 Å². The van der Waals surface area contributed by atoms with Crippen LogP contribution in [0.2, 0.25) is 0 Å². The van der Waals surface area contributed by atoms with Crippen LogP contribution in [0.1, 0.15) is 12.7 Å². The number of benzene rings is 1. The third-order valence-electron chi connectivity index (χ3n) is 4.55. The Kier molecular flexibility index (Phi) is 4.75. The van der Waals surface area contributed by atoms with Gasteiger partial charge in [0.15, 0.2) is 17.2 Å². The van der Waals surface area contributed by atoms with Crippen molar-refractivity contribution in [2.45, 2.75) is 26.5 Å². The van der Waals surface area contributed by atoms with Crippen molar-refractivity contribution >= 4 is 22.8 Å². The van der Waals surface area contributed by atoms with Crippen LogP contribution in [-0.2, 0) is 6.54 Å². The van der Waals surface area contributed by atoms with Crippen molar-refractivity contribution in [3.05, 3.63) is 60.2 Å². The smallest absolute Gasteiger partial charge is 0.165 e. The lowest BCUT2D eigenvalue weighted by molar-refractivity contribution is 0.191. The number of hydrogen-bond donors (Lipinski definition) is 2. The maximum Gasteiger partial charge on any atom is 0.165 e. The predicted molar refractivity (Wildman–Crippen MR) is 111 cm³/mol. The Morgan fingerprint density at radius 1 is 1.03 bits per heavy atom. The number of fused-ring (bicyclic) bond motifs is 1. The van der Waals surface area contributed by atoms with Gasteiger partial charge in [0.2, 0.25) is 0 Å². The number of aryl methyl sites for hydroxylation is 1. The Morgan fingerprint density at radius 3 is 2.48 bits per heavy atom. The molecule has 0 radical (unpaired) electrons. The molecule has 3 heterocycles. The molecule has 4 N–H and O–H groups in total. The van der Waals surface area contributed by atoms with Gasteiger partial charge < -0.3 is 20.8 Å². The lowest BCUT2D eigenvalue weighted by Crippen LogP contribution is -2.21. The number of pyridine rings is 2. The molecule has 0 unspecified atom stereocenters. The Balaban J connectivity index is 1.67. The monoisotopic (exact) mass is 392 g/mol. The first kappa shape index (κ1) is 18.7. The van der Waals surface area contributed by atoms with Crippen LogP contribution in [0.5, 0.6) is 5.75 Å². The second-order valence-electron chi connectivity index (χ2n) is 6.87. The van der Waals surface area contributed by atoms with E-state index in [0.717, 1.165) is 16.9 Å². The third-order valence-corrected chi connectivity index (χ3v) is 4.55. The number of nitrogens with zero attached hydrogens (tertiary/aromatic N) is 4. The molecular formula is C21H21FN6O. The van der Waals surface area contributed by atoms with E-state index in [1.807, 2.05) is 30.5 Å². The minimum Gasteiger partial charge on any atom is -0.486 e. The zero-order valence-corrected chi connectivity index (χ0v) is 16.1. The van der Waals surface area contributed by atoms with E-state index in [9.17, 15) is 4.39 Å². The van der Waals surface area contributed by atoms with Crippen LogP contribution >= 0.6 is 0 Å². The molecule has 4 rings (SSSR count). The number of halogens is 1. The van der Waals surface area contributed by atoms with E-state index in [1.165, 1.54) is 6.07 Å². The summed E-state index contributed by atoms with van der Waals surface area (Å²) in [6, 6.07) is 13.6. The number of aromatic nitrogens is 4. The van der Waals surface area contributed by atoms with Gasteiger partial charge >= 0.3 is 0 Å². The van der Waals surface area contributed by atoms with Crippen LogP contribution in [0, 0.1) is 12.7 Å². The molecule has 0 saturated heterocycles. The molecule has 0 spiro atoms. The second-order valence-corrected chi connectivity index (χ2v) is 6.87. The average molecular weight is 392 g/mol. The van der Waals surface area contributed by atoms with Gasteiger partial charge in [-0.05, 0) is 50.2 Å².